The minimum atomic E-state index is -4.08. The standard InChI is InChI=1S/C17H16F2N6O4S/c18-11-1-2-12(24-30(27,28)25-3-5-29-6-4-25)14(19)15(11)23-17(26)10-7-13-16(20-8-10)22-9-21-13/h1-2,7-9,24H,3-6H2,(H,23,26)(H,20,21,22)/p+1. The van der Waals surface area contributed by atoms with Crippen molar-refractivity contribution in [2.24, 2.45) is 0 Å². The number of carbonyl (C=O) groups is 1. The molecule has 0 saturated carbocycles. The molecular weight excluding hydrogens is 422 g/mol. The van der Waals surface area contributed by atoms with Gasteiger partial charge in [0, 0.05) is 13.1 Å². The van der Waals surface area contributed by atoms with Crippen molar-refractivity contribution >= 4 is 38.7 Å². The van der Waals surface area contributed by atoms with Crippen LogP contribution in [0.1, 0.15) is 10.4 Å². The first-order valence-electron chi connectivity index (χ1n) is 8.85. The van der Waals surface area contributed by atoms with Crippen LogP contribution in [0.4, 0.5) is 20.2 Å². The molecule has 0 bridgehead atoms. The minimum Gasteiger partial charge on any atom is -0.379 e. The van der Waals surface area contributed by atoms with Gasteiger partial charge in [0.1, 0.15) is 17.7 Å². The number of hydrogen-bond donors (Lipinski definition) is 3. The first-order chi connectivity index (χ1) is 14.3. The molecule has 30 heavy (non-hydrogen) atoms. The molecule has 1 fully saturated rings. The molecule has 1 aromatic carbocycles. The number of aromatic nitrogens is 3. The summed E-state index contributed by atoms with van der Waals surface area (Å²) in [7, 11) is -4.08. The molecule has 3 aromatic rings. The van der Waals surface area contributed by atoms with Crippen molar-refractivity contribution in [3.63, 3.8) is 0 Å². The molecular formula is C17H17F2N6O4S+. The number of hydrogen-bond acceptors (Lipinski definition) is 5. The molecule has 0 radical (unpaired) electrons. The van der Waals surface area contributed by atoms with Gasteiger partial charge in [0.05, 0.1) is 24.5 Å². The van der Waals surface area contributed by atoms with Gasteiger partial charge in [0.2, 0.25) is 0 Å². The number of benzene rings is 1. The van der Waals surface area contributed by atoms with E-state index in [1.165, 1.54) is 18.6 Å². The molecule has 3 heterocycles. The SMILES string of the molecule is O=C(Nc1c(F)ccc(NS(=O)(=O)N2CCOCC2)c1F)c1cnc2[nH+]c[nH]c2c1. The van der Waals surface area contributed by atoms with Gasteiger partial charge in [-0.1, -0.05) is 0 Å². The lowest BCUT2D eigenvalue weighted by molar-refractivity contribution is -0.347. The highest BCUT2D eigenvalue weighted by Crippen LogP contribution is 2.27. The molecule has 13 heteroatoms. The van der Waals surface area contributed by atoms with Crippen molar-refractivity contribution in [2.45, 2.75) is 0 Å². The van der Waals surface area contributed by atoms with E-state index in [2.05, 4.69) is 25.0 Å². The Morgan fingerprint density at radius 2 is 2.03 bits per heavy atom. The molecule has 1 aliphatic heterocycles. The van der Waals surface area contributed by atoms with Crippen molar-refractivity contribution in [3.8, 4) is 0 Å². The number of carbonyl (C=O) groups excluding carboxylic acids is 1. The Morgan fingerprint density at radius 3 is 2.80 bits per heavy atom. The zero-order chi connectivity index (χ0) is 21.3. The van der Waals surface area contributed by atoms with Crippen molar-refractivity contribution in [1.29, 1.82) is 0 Å². The van der Waals surface area contributed by atoms with Gasteiger partial charge in [0.15, 0.2) is 17.7 Å². The molecule has 0 unspecified atom stereocenters. The number of rotatable bonds is 5. The average Bonchev–Trinajstić information content (AvgIpc) is 3.21. The molecule has 1 amide bonds. The van der Waals surface area contributed by atoms with E-state index in [0.29, 0.717) is 11.2 Å². The van der Waals surface area contributed by atoms with E-state index in [0.717, 1.165) is 16.4 Å². The maximum atomic E-state index is 14.9. The van der Waals surface area contributed by atoms with Gasteiger partial charge in [-0.05, 0) is 18.2 Å². The molecule has 158 valence electrons. The number of nitrogens with one attached hydrogen (secondary N) is 4. The van der Waals surface area contributed by atoms with E-state index < -0.39 is 39.1 Å². The Bertz CT molecular complexity index is 1210. The number of fused-ring (bicyclic) bond motifs is 1. The number of ether oxygens (including phenoxy) is 1. The van der Waals surface area contributed by atoms with E-state index in [4.69, 9.17) is 4.74 Å². The summed E-state index contributed by atoms with van der Waals surface area (Å²) >= 11 is 0. The Kier molecular flexibility index (Phi) is 5.32. The van der Waals surface area contributed by atoms with Gasteiger partial charge in [0.25, 0.3) is 11.6 Å². The van der Waals surface area contributed by atoms with Gasteiger partial charge in [-0.3, -0.25) is 14.5 Å². The van der Waals surface area contributed by atoms with Crippen LogP contribution in [0.25, 0.3) is 11.2 Å². The van der Waals surface area contributed by atoms with Gasteiger partial charge < -0.3 is 10.1 Å². The van der Waals surface area contributed by atoms with E-state index in [9.17, 15) is 22.0 Å². The molecule has 0 atom stereocenters. The first kappa shape index (κ1) is 20.1. The molecule has 0 spiro atoms. The molecule has 4 N–H and O–H groups in total. The summed E-state index contributed by atoms with van der Waals surface area (Å²) in [4.78, 5) is 22.1. The van der Waals surface area contributed by atoms with Crippen LogP contribution < -0.4 is 15.0 Å². The lowest BCUT2D eigenvalue weighted by Gasteiger charge is -2.26. The Labute approximate surface area is 169 Å². The summed E-state index contributed by atoms with van der Waals surface area (Å²) in [6.45, 7) is 0.636. The molecule has 2 aromatic heterocycles. The summed E-state index contributed by atoms with van der Waals surface area (Å²) in [6, 6.07) is 3.26. The number of imidazole rings is 1. The predicted octanol–water partition coefficient (Wildman–Crippen LogP) is 0.896. The minimum absolute atomic E-state index is 0.0523. The van der Waals surface area contributed by atoms with Crippen LogP contribution in [0.3, 0.4) is 0 Å². The van der Waals surface area contributed by atoms with E-state index in [1.54, 1.807) is 0 Å². The van der Waals surface area contributed by atoms with Gasteiger partial charge >= 0.3 is 10.2 Å². The number of aromatic amines is 2. The number of H-pyrrole nitrogens is 2. The second kappa shape index (κ2) is 7.93. The fourth-order valence-electron chi connectivity index (χ4n) is 2.92. The van der Waals surface area contributed by atoms with Crippen LogP contribution >= 0.6 is 0 Å². The third kappa shape index (κ3) is 3.94. The Morgan fingerprint density at radius 1 is 1.27 bits per heavy atom. The van der Waals surface area contributed by atoms with Gasteiger partial charge in [-0.25, -0.2) is 13.8 Å². The molecule has 0 aliphatic carbocycles. The van der Waals surface area contributed by atoms with Crippen LogP contribution in [0.5, 0.6) is 0 Å². The lowest BCUT2D eigenvalue weighted by Crippen LogP contribution is -2.43. The fraction of sp³-hybridized carbons (Fsp3) is 0.235. The number of anilines is 2. The number of halogens is 2. The third-order valence-corrected chi connectivity index (χ3v) is 5.99. The van der Waals surface area contributed by atoms with Gasteiger partial charge in [-0.15, -0.1) is 4.98 Å². The highest BCUT2D eigenvalue weighted by molar-refractivity contribution is 7.90. The van der Waals surface area contributed by atoms with Crippen LogP contribution in [0.2, 0.25) is 0 Å². The summed E-state index contributed by atoms with van der Waals surface area (Å²) in [5.74, 6) is -3.12. The van der Waals surface area contributed by atoms with E-state index >= 15 is 0 Å². The third-order valence-electron chi connectivity index (χ3n) is 4.46. The second-order valence-corrected chi connectivity index (χ2v) is 8.08. The summed E-state index contributed by atoms with van der Waals surface area (Å²) < 4.78 is 62.2. The zero-order valence-corrected chi connectivity index (χ0v) is 16.2. The largest absolute Gasteiger partial charge is 0.379 e. The lowest BCUT2D eigenvalue weighted by atomic mass is 10.2. The Balaban J connectivity index is 1.58. The maximum absolute atomic E-state index is 14.9. The van der Waals surface area contributed by atoms with Crippen molar-refractivity contribution < 1.29 is 31.7 Å². The van der Waals surface area contributed by atoms with E-state index in [1.807, 2.05) is 0 Å². The summed E-state index contributed by atoms with van der Waals surface area (Å²) in [6.07, 6.45) is 2.76. The molecule has 10 nitrogen and oxygen atoms in total. The van der Waals surface area contributed by atoms with Crippen molar-refractivity contribution in [1.82, 2.24) is 14.3 Å². The predicted molar refractivity (Wildman–Crippen MR) is 102 cm³/mol. The quantitative estimate of drug-likeness (QED) is 0.544. The molecule has 1 aliphatic rings. The summed E-state index contributed by atoms with van der Waals surface area (Å²) in [5, 5.41) is 2.14. The highest BCUT2D eigenvalue weighted by atomic mass is 32.2. The normalized spacial score (nSPS) is 15.3. The zero-order valence-electron chi connectivity index (χ0n) is 15.4. The van der Waals surface area contributed by atoms with Crippen LogP contribution in [0, 0.1) is 11.6 Å². The molecule has 1 saturated heterocycles. The Hall–Kier alpha value is -3.16. The second-order valence-electron chi connectivity index (χ2n) is 6.41. The first-order valence-corrected chi connectivity index (χ1v) is 10.3. The topological polar surface area (TPSA) is 131 Å². The summed E-state index contributed by atoms with van der Waals surface area (Å²) in [5.41, 5.74) is -0.193. The van der Waals surface area contributed by atoms with E-state index in [-0.39, 0.29) is 31.9 Å². The fourth-order valence-corrected chi connectivity index (χ4v) is 4.11. The number of nitrogens with zero attached hydrogens (tertiary/aromatic N) is 2. The number of amides is 1. The van der Waals surface area contributed by atoms with Crippen LogP contribution in [-0.4, -0.2) is 54.9 Å². The monoisotopic (exact) mass is 439 g/mol. The van der Waals surface area contributed by atoms with Gasteiger partial charge in [-0.2, -0.15) is 12.7 Å². The number of morpholine rings is 1. The van der Waals surface area contributed by atoms with Crippen LogP contribution in [-0.2, 0) is 14.9 Å². The molecule has 4 rings (SSSR count). The highest BCUT2D eigenvalue weighted by Gasteiger charge is 2.27. The maximum Gasteiger partial charge on any atom is 0.301 e. The van der Waals surface area contributed by atoms with Crippen molar-refractivity contribution in [2.75, 3.05) is 36.3 Å². The van der Waals surface area contributed by atoms with Crippen LogP contribution in [0.15, 0.2) is 30.7 Å². The van der Waals surface area contributed by atoms with Crippen molar-refractivity contribution in [3.05, 3.63) is 47.9 Å². The average molecular weight is 439 g/mol. The number of pyridine rings is 1. The smallest absolute Gasteiger partial charge is 0.301 e.